The minimum absolute atomic E-state index is 0.133. The van der Waals surface area contributed by atoms with Crippen LogP contribution in [0.2, 0.25) is 4.34 Å². The number of para-hydroxylation sites is 1. The number of carbonyl (C=O) groups excluding carboxylic acids is 2. The third-order valence-corrected chi connectivity index (χ3v) is 4.50. The second-order valence-electron chi connectivity index (χ2n) is 6.25. The maximum atomic E-state index is 12.4. The van der Waals surface area contributed by atoms with E-state index < -0.39 is 23.3 Å². The lowest BCUT2D eigenvalue weighted by Crippen LogP contribution is -2.44. The Hall–Kier alpha value is -1.67. The van der Waals surface area contributed by atoms with E-state index in [0.717, 1.165) is 11.3 Å². The molecule has 9 heteroatoms. The van der Waals surface area contributed by atoms with Crippen molar-refractivity contribution in [3.05, 3.63) is 40.4 Å². The summed E-state index contributed by atoms with van der Waals surface area (Å²) in [5.41, 5.74) is -0.266. The van der Waals surface area contributed by atoms with Crippen LogP contribution in [0.3, 0.4) is 0 Å². The Balaban J connectivity index is 2.20. The van der Waals surface area contributed by atoms with Gasteiger partial charge in [-0.1, -0.05) is 55.8 Å². The molecule has 0 aliphatic heterocycles. The first-order chi connectivity index (χ1) is 11.7. The third kappa shape index (κ3) is 5.15. The van der Waals surface area contributed by atoms with E-state index in [0.29, 0.717) is 9.47 Å². The van der Waals surface area contributed by atoms with Crippen molar-refractivity contribution in [3.8, 4) is 5.75 Å². The van der Waals surface area contributed by atoms with Gasteiger partial charge in [0, 0.05) is 0 Å². The van der Waals surface area contributed by atoms with Gasteiger partial charge in [-0.15, -0.1) is 0 Å². The predicted molar refractivity (Wildman–Crippen MR) is 99.4 cm³/mol. The number of hydrogen-bond acceptors (Lipinski definition) is 6. The van der Waals surface area contributed by atoms with Crippen LogP contribution in [-0.2, 0) is 4.79 Å². The molecule has 0 saturated heterocycles. The van der Waals surface area contributed by atoms with Crippen LogP contribution in [0.5, 0.6) is 5.75 Å². The highest BCUT2D eigenvalue weighted by Gasteiger charge is 2.33. The van der Waals surface area contributed by atoms with Gasteiger partial charge >= 0.3 is 5.97 Å². The highest BCUT2D eigenvalue weighted by Crippen LogP contribution is 2.26. The molecule has 0 fully saturated rings. The molecule has 1 heterocycles. The maximum Gasteiger partial charge on any atom is 0.330 e. The zero-order valence-corrected chi connectivity index (χ0v) is 16.1. The van der Waals surface area contributed by atoms with Crippen LogP contribution in [0.4, 0.5) is 5.13 Å². The van der Waals surface area contributed by atoms with Crippen molar-refractivity contribution in [3.63, 3.8) is 0 Å². The second kappa shape index (κ2) is 8.14. The molecule has 2 N–H and O–H groups in total. The van der Waals surface area contributed by atoms with E-state index in [4.69, 9.17) is 28.1 Å². The van der Waals surface area contributed by atoms with E-state index in [-0.39, 0.29) is 11.3 Å². The number of benzene rings is 1. The Morgan fingerprint density at radius 2 is 1.96 bits per heavy atom. The van der Waals surface area contributed by atoms with Gasteiger partial charge in [-0.25, -0.2) is 14.6 Å². The van der Waals surface area contributed by atoms with Gasteiger partial charge < -0.3 is 4.74 Å². The van der Waals surface area contributed by atoms with Crippen LogP contribution in [0.15, 0.2) is 30.5 Å². The number of thiazole rings is 1. The molecule has 2 aromatic rings. The number of anilines is 1. The fourth-order valence-corrected chi connectivity index (χ4v) is 3.17. The molecule has 0 unspecified atom stereocenters. The molecule has 0 aliphatic rings. The molecular weight excluding hydrogens is 385 g/mol. The van der Waals surface area contributed by atoms with E-state index >= 15 is 0 Å². The summed E-state index contributed by atoms with van der Waals surface area (Å²) in [6.45, 7) is 5.54. The summed E-state index contributed by atoms with van der Waals surface area (Å²) in [7, 11) is 0. The topological polar surface area (TPSA) is 80.3 Å². The zero-order chi connectivity index (χ0) is 18.6. The predicted octanol–water partition coefficient (Wildman–Crippen LogP) is 4.11. The molecule has 0 aliphatic carbocycles. The van der Waals surface area contributed by atoms with Crippen molar-refractivity contribution in [1.29, 1.82) is 0 Å². The Morgan fingerprint density at radius 3 is 2.52 bits per heavy atom. The van der Waals surface area contributed by atoms with Crippen molar-refractivity contribution in [2.75, 3.05) is 5.32 Å². The second-order valence-corrected chi connectivity index (χ2v) is 8.13. The van der Waals surface area contributed by atoms with Crippen LogP contribution in [0.1, 0.15) is 31.1 Å². The highest BCUT2D eigenvalue weighted by atomic mass is 35.5. The molecule has 1 aromatic heterocycles. The summed E-state index contributed by atoms with van der Waals surface area (Å²) in [6, 6.07) is 5.67. The quantitative estimate of drug-likeness (QED) is 0.447. The summed E-state index contributed by atoms with van der Waals surface area (Å²) < 4.78 is 5.85. The lowest BCUT2D eigenvalue weighted by molar-refractivity contribution is -0.138. The number of esters is 1. The fraction of sp³-hybridized carbons (Fsp3) is 0.312. The number of carbonyl (C=O) groups is 2. The Kier molecular flexibility index (Phi) is 6.40. The zero-order valence-electron chi connectivity index (χ0n) is 13.8. The molecule has 0 saturated carbocycles. The molecule has 0 spiro atoms. The Morgan fingerprint density at radius 1 is 1.28 bits per heavy atom. The Bertz CT molecular complexity index is 774. The number of nitrogens with one attached hydrogen (secondary N) is 2. The number of hydrogen-bond donors (Lipinski definition) is 2. The van der Waals surface area contributed by atoms with Crippen LogP contribution in [0, 0.1) is 5.41 Å². The molecule has 25 heavy (non-hydrogen) atoms. The first kappa shape index (κ1) is 19.7. The van der Waals surface area contributed by atoms with Crippen LogP contribution < -0.4 is 14.9 Å². The Labute approximate surface area is 159 Å². The minimum atomic E-state index is -0.747. The van der Waals surface area contributed by atoms with Crippen molar-refractivity contribution >= 4 is 51.7 Å². The highest BCUT2D eigenvalue weighted by molar-refractivity contribution is 7.19. The smallest absolute Gasteiger partial charge is 0.330 e. The summed E-state index contributed by atoms with van der Waals surface area (Å²) in [4.78, 5) is 31.2. The largest absolute Gasteiger partial charge is 0.424 e. The molecular formula is C16H17Cl2N3O3S. The van der Waals surface area contributed by atoms with Crippen LogP contribution in [0.25, 0.3) is 0 Å². The summed E-state index contributed by atoms with van der Waals surface area (Å²) >= 11 is 12.6. The summed E-state index contributed by atoms with van der Waals surface area (Å²) in [5, 5.41) is 2.97. The van der Waals surface area contributed by atoms with Gasteiger partial charge in [0.2, 0.25) is 0 Å². The summed E-state index contributed by atoms with van der Waals surface area (Å²) in [6.07, 6.45) is 1.44. The number of amides is 1. The number of nitrogens with zero attached hydrogens (tertiary/aromatic N) is 1. The number of rotatable bonds is 5. The molecule has 0 radical (unpaired) electrons. The minimum Gasteiger partial charge on any atom is -0.424 e. The molecule has 1 aromatic carbocycles. The fourth-order valence-electron chi connectivity index (χ4n) is 1.95. The van der Waals surface area contributed by atoms with Crippen molar-refractivity contribution in [1.82, 2.24) is 9.82 Å². The molecule has 1 atom stereocenters. The van der Waals surface area contributed by atoms with Crippen molar-refractivity contribution < 1.29 is 14.3 Å². The molecule has 1 amide bonds. The van der Waals surface area contributed by atoms with Gasteiger partial charge in [0.25, 0.3) is 5.91 Å². The van der Waals surface area contributed by atoms with Crippen molar-refractivity contribution in [2.24, 2.45) is 5.41 Å². The van der Waals surface area contributed by atoms with Gasteiger partial charge in [-0.05, 0) is 29.3 Å². The van der Waals surface area contributed by atoms with Crippen molar-refractivity contribution in [2.45, 2.75) is 26.8 Å². The SMILES string of the molecule is CC(C)(C)[C@H](NCl)C(=O)Oc1ccccc1C(=O)Nc1ncc(Cl)s1. The van der Waals surface area contributed by atoms with E-state index in [2.05, 4.69) is 15.1 Å². The van der Waals surface area contributed by atoms with Gasteiger partial charge in [0.1, 0.15) is 16.1 Å². The van der Waals surface area contributed by atoms with E-state index in [9.17, 15) is 9.59 Å². The van der Waals surface area contributed by atoms with Gasteiger partial charge in [-0.2, -0.15) is 0 Å². The van der Waals surface area contributed by atoms with E-state index in [1.165, 1.54) is 12.3 Å². The monoisotopic (exact) mass is 401 g/mol. The maximum absolute atomic E-state index is 12.4. The first-order valence-electron chi connectivity index (χ1n) is 7.32. The average molecular weight is 402 g/mol. The number of aromatic nitrogens is 1. The normalized spacial score (nSPS) is 12.5. The molecule has 6 nitrogen and oxygen atoms in total. The van der Waals surface area contributed by atoms with E-state index in [1.54, 1.807) is 18.2 Å². The summed E-state index contributed by atoms with van der Waals surface area (Å²) in [5.74, 6) is -0.908. The third-order valence-electron chi connectivity index (χ3n) is 3.25. The molecule has 2 rings (SSSR count). The average Bonchev–Trinajstić information content (AvgIpc) is 2.92. The molecule has 134 valence electrons. The van der Waals surface area contributed by atoms with Gasteiger partial charge in [-0.3, -0.25) is 10.1 Å². The standard InChI is InChI=1S/C16H17Cl2N3O3S/c1-16(2,3)12(21-18)14(23)24-10-7-5-4-6-9(10)13(22)20-15-19-8-11(17)25-15/h4-8,12,21H,1-3H3,(H,19,20,22)/t12-/m1/s1. The lowest BCUT2D eigenvalue weighted by Gasteiger charge is -2.27. The number of halogens is 2. The lowest BCUT2D eigenvalue weighted by atomic mass is 9.87. The van der Waals surface area contributed by atoms with Crippen LogP contribution in [-0.4, -0.2) is 22.9 Å². The first-order valence-corrected chi connectivity index (χ1v) is 8.89. The van der Waals surface area contributed by atoms with Crippen LogP contribution >= 0.6 is 34.7 Å². The van der Waals surface area contributed by atoms with Gasteiger partial charge in [0.15, 0.2) is 5.13 Å². The molecule has 0 bridgehead atoms. The van der Waals surface area contributed by atoms with E-state index in [1.807, 2.05) is 20.8 Å². The van der Waals surface area contributed by atoms with Gasteiger partial charge in [0.05, 0.1) is 11.8 Å². The number of ether oxygens (including phenoxy) is 1.